The van der Waals surface area contributed by atoms with E-state index in [2.05, 4.69) is 0 Å². The van der Waals surface area contributed by atoms with Gasteiger partial charge in [0.05, 0.1) is 0 Å². The van der Waals surface area contributed by atoms with Crippen molar-refractivity contribution in [3.8, 4) is 46.0 Å². The molecule has 0 atom stereocenters. The van der Waals surface area contributed by atoms with Crippen molar-refractivity contribution in [2.45, 2.75) is 0 Å². The number of nitrogens with two attached hydrogens (primary N) is 2. The number of ether oxygens (including phenoxy) is 4. The van der Waals surface area contributed by atoms with E-state index in [1.807, 2.05) is 36.4 Å². The molecule has 0 unspecified atom stereocenters. The zero-order chi connectivity index (χ0) is 30.3. The predicted molar refractivity (Wildman–Crippen MR) is 171 cm³/mol. The molecule has 0 aliphatic rings. The zero-order valence-electron chi connectivity index (χ0n) is 23.6. The Balaban J connectivity index is 1.06. The summed E-state index contributed by atoms with van der Waals surface area (Å²) in [5, 5.41) is 0. The second kappa shape index (κ2) is 12.8. The van der Waals surface area contributed by atoms with Gasteiger partial charge in [-0.1, -0.05) is 12.1 Å². The van der Waals surface area contributed by atoms with Gasteiger partial charge in [-0.3, -0.25) is 4.79 Å². The van der Waals surface area contributed by atoms with Gasteiger partial charge in [0.2, 0.25) is 0 Å². The van der Waals surface area contributed by atoms with Crippen molar-refractivity contribution in [3.05, 3.63) is 157 Å². The van der Waals surface area contributed by atoms with Gasteiger partial charge < -0.3 is 30.4 Å². The maximum Gasteiger partial charge on any atom is 0.193 e. The lowest BCUT2D eigenvalue weighted by Gasteiger charge is -2.10. The number of hydrogen-bond acceptors (Lipinski definition) is 7. The van der Waals surface area contributed by atoms with Crippen LogP contribution in [0.25, 0.3) is 0 Å². The van der Waals surface area contributed by atoms with Crippen LogP contribution >= 0.6 is 0 Å². The molecule has 0 amide bonds. The van der Waals surface area contributed by atoms with Crippen molar-refractivity contribution in [1.82, 2.24) is 0 Å². The fourth-order valence-corrected chi connectivity index (χ4v) is 4.33. The number of carbonyl (C=O) groups is 1. The molecule has 7 heteroatoms. The number of rotatable bonds is 10. The lowest BCUT2D eigenvalue weighted by molar-refractivity contribution is 0.103. The first-order valence-electron chi connectivity index (χ1n) is 13.8. The molecule has 7 nitrogen and oxygen atoms in total. The number of ketones is 1. The van der Waals surface area contributed by atoms with Crippen LogP contribution in [-0.2, 0) is 0 Å². The summed E-state index contributed by atoms with van der Waals surface area (Å²) in [5.74, 6) is 4.90. The average Bonchev–Trinajstić information content (AvgIpc) is 3.04. The second-order valence-electron chi connectivity index (χ2n) is 9.87. The van der Waals surface area contributed by atoms with E-state index in [0.29, 0.717) is 68.5 Å². The minimum absolute atomic E-state index is 0.110. The molecule has 0 saturated heterocycles. The Morgan fingerprint density at radius 1 is 0.364 bits per heavy atom. The summed E-state index contributed by atoms with van der Waals surface area (Å²) in [6.07, 6.45) is 0. The van der Waals surface area contributed by atoms with Crippen molar-refractivity contribution in [1.29, 1.82) is 0 Å². The van der Waals surface area contributed by atoms with Crippen LogP contribution in [-0.4, -0.2) is 5.78 Å². The molecule has 0 aromatic heterocycles. The minimum Gasteiger partial charge on any atom is -0.457 e. The smallest absolute Gasteiger partial charge is 0.193 e. The third-order valence-corrected chi connectivity index (χ3v) is 6.55. The Morgan fingerprint density at radius 2 is 0.636 bits per heavy atom. The Kier molecular flexibility index (Phi) is 8.10. The average molecular weight is 581 g/mol. The van der Waals surface area contributed by atoms with Crippen LogP contribution in [0.4, 0.5) is 11.4 Å². The van der Waals surface area contributed by atoms with Crippen LogP contribution in [0.2, 0.25) is 0 Å². The molecule has 216 valence electrons. The fraction of sp³-hybridized carbons (Fsp3) is 0. The van der Waals surface area contributed by atoms with E-state index in [1.54, 1.807) is 109 Å². The lowest BCUT2D eigenvalue weighted by Crippen LogP contribution is -2.01. The molecule has 6 rings (SSSR count). The van der Waals surface area contributed by atoms with Crippen LogP contribution < -0.4 is 30.4 Å². The first kappa shape index (κ1) is 27.9. The molecule has 0 spiro atoms. The number of anilines is 2. The first-order chi connectivity index (χ1) is 21.5. The summed E-state index contributed by atoms with van der Waals surface area (Å²) in [5.41, 5.74) is 13.9. The molecule has 6 aromatic carbocycles. The van der Waals surface area contributed by atoms with Crippen LogP contribution in [0.1, 0.15) is 15.9 Å². The quantitative estimate of drug-likeness (QED) is 0.123. The topological polar surface area (TPSA) is 106 Å². The summed E-state index contributed by atoms with van der Waals surface area (Å²) in [4.78, 5) is 13.1. The molecule has 0 fully saturated rings. The molecular formula is C37H28N2O5. The first-order valence-corrected chi connectivity index (χ1v) is 13.8. The number of nitrogen functional groups attached to an aromatic ring is 2. The summed E-state index contributed by atoms with van der Waals surface area (Å²) < 4.78 is 23.8. The third kappa shape index (κ3) is 7.16. The highest BCUT2D eigenvalue weighted by atomic mass is 16.5. The fourth-order valence-electron chi connectivity index (χ4n) is 4.33. The Morgan fingerprint density at radius 3 is 0.932 bits per heavy atom. The Hall–Kier alpha value is -6.21. The molecule has 0 heterocycles. The number of benzene rings is 6. The maximum atomic E-state index is 13.1. The summed E-state index contributed by atoms with van der Waals surface area (Å²) in [7, 11) is 0. The molecule has 44 heavy (non-hydrogen) atoms. The molecule has 0 aliphatic heterocycles. The van der Waals surface area contributed by atoms with E-state index < -0.39 is 0 Å². The zero-order valence-corrected chi connectivity index (χ0v) is 23.6. The summed E-state index contributed by atoms with van der Waals surface area (Å²) in [6, 6.07) is 43.0. The van der Waals surface area contributed by atoms with Crippen molar-refractivity contribution < 1.29 is 23.7 Å². The van der Waals surface area contributed by atoms with E-state index in [0.717, 1.165) is 0 Å². The van der Waals surface area contributed by atoms with E-state index in [9.17, 15) is 4.79 Å². The number of hydrogen-bond donors (Lipinski definition) is 2. The van der Waals surface area contributed by atoms with Crippen LogP contribution in [0.15, 0.2) is 146 Å². The SMILES string of the molecule is Nc1ccc(Oc2cccc(Oc3ccc(C(=O)c4ccc(Oc5cccc(Oc6ccc(N)cc6)c5)cc4)cc3)c2)cc1. The van der Waals surface area contributed by atoms with Crippen LogP contribution in [0.3, 0.4) is 0 Å². The highest BCUT2D eigenvalue weighted by Crippen LogP contribution is 2.31. The minimum atomic E-state index is -0.110. The molecule has 0 aliphatic carbocycles. The van der Waals surface area contributed by atoms with Gasteiger partial charge in [-0.15, -0.1) is 0 Å². The van der Waals surface area contributed by atoms with E-state index in [4.69, 9.17) is 30.4 Å². The van der Waals surface area contributed by atoms with Gasteiger partial charge in [-0.05, 0) is 121 Å². The lowest BCUT2D eigenvalue weighted by atomic mass is 10.0. The van der Waals surface area contributed by atoms with Crippen molar-refractivity contribution >= 4 is 17.2 Å². The molecule has 0 bridgehead atoms. The van der Waals surface area contributed by atoms with Gasteiger partial charge in [0.1, 0.15) is 46.0 Å². The predicted octanol–water partition coefficient (Wildman–Crippen LogP) is 9.25. The normalized spacial score (nSPS) is 10.5. The van der Waals surface area contributed by atoms with E-state index in [-0.39, 0.29) is 5.78 Å². The van der Waals surface area contributed by atoms with Crippen molar-refractivity contribution in [2.75, 3.05) is 11.5 Å². The molecule has 6 aromatic rings. The van der Waals surface area contributed by atoms with Crippen molar-refractivity contribution in [2.24, 2.45) is 0 Å². The monoisotopic (exact) mass is 580 g/mol. The highest BCUT2D eigenvalue weighted by Gasteiger charge is 2.11. The molecule has 0 saturated carbocycles. The van der Waals surface area contributed by atoms with E-state index in [1.165, 1.54) is 0 Å². The van der Waals surface area contributed by atoms with Crippen LogP contribution in [0.5, 0.6) is 46.0 Å². The van der Waals surface area contributed by atoms with Gasteiger partial charge in [0.15, 0.2) is 5.78 Å². The molecule has 4 N–H and O–H groups in total. The van der Waals surface area contributed by atoms with Gasteiger partial charge in [-0.2, -0.15) is 0 Å². The summed E-state index contributed by atoms with van der Waals surface area (Å²) >= 11 is 0. The maximum absolute atomic E-state index is 13.1. The second-order valence-corrected chi connectivity index (χ2v) is 9.87. The third-order valence-electron chi connectivity index (χ3n) is 6.55. The largest absolute Gasteiger partial charge is 0.457 e. The van der Waals surface area contributed by atoms with Gasteiger partial charge in [0.25, 0.3) is 0 Å². The molecular weight excluding hydrogens is 552 g/mol. The Labute approximate surface area is 254 Å². The Bertz CT molecular complexity index is 1730. The summed E-state index contributed by atoms with van der Waals surface area (Å²) in [6.45, 7) is 0. The van der Waals surface area contributed by atoms with Crippen molar-refractivity contribution in [3.63, 3.8) is 0 Å². The highest BCUT2D eigenvalue weighted by molar-refractivity contribution is 6.09. The van der Waals surface area contributed by atoms with Crippen LogP contribution in [0, 0.1) is 0 Å². The standard InChI is InChI=1S/C37H28N2O5/c38-27-11-19-31(20-12-27)43-35-5-1-3-33(23-35)41-29-15-7-25(8-16-29)37(40)26-9-17-30(18-10-26)42-34-4-2-6-36(24-34)44-32-21-13-28(39)14-22-32/h1-24H,38-39H2. The molecule has 0 radical (unpaired) electrons. The van der Waals surface area contributed by atoms with Gasteiger partial charge in [0, 0.05) is 34.6 Å². The number of carbonyl (C=O) groups excluding carboxylic acids is 1. The van der Waals surface area contributed by atoms with Gasteiger partial charge in [-0.25, -0.2) is 0 Å². The van der Waals surface area contributed by atoms with Gasteiger partial charge >= 0.3 is 0 Å². The van der Waals surface area contributed by atoms with E-state index >= 15 is 0 Å².